The molecule has 5 N–H and O–H groups in total. The smallest absolute Gasteiger partial charge is 0.354 e. The van der Waals surface area contributed by atoms with Gasteiger partial charge in [0.05, 0.1) is 12.7 Å². The molecule has 1 saturated carbocycles. The summed E-state index contributed by atoms with van der Waals surface area (Å²) in [5.41, 5.74) is 3.34. The van der Waals surface area contributed by atoms with E-state index in [1.165, 1.54) is 6.92 Å². The summed E-state index contributed by atoms with van der Waals surface area (Å²) in [6.07, 6.45) is 1.11. The van der Waals surface area contributed by atoms with E-state index >= 15 is 0 Å². The van der Waals surface area contributed by atoms with E-state index in [4.69, 9.17) is 15.2 Å². The van der Waals surface area contributed by atoms with Crippen LogP contribution >= 0.6 is 0 Å². The van der Waals surface area contributed by atoms with Crippen molar-refractivity contribution in [3.8, 4) is 0 Å². The van der Waals surface area contributed by atoms with E-state index in [1.54, 1.807) is 0 Å². The van der Waals surface area contributed by atoms with Crippen molar-refractivity contribution in [1.82, 2.24) is 10.2 Å². The van der Waals surface area contributed by atoms with Gasteiger partial charge in [-0.15, -0.1) is 0 Å². The maximum Gasteiger partial charge on any atom is 0.354 e. The lowest BCUT2D eigenvalue weighted by molar-refractivity contribution is -0.152. The summed E-state index contributed by atoms with van der Waals surface area (Å²) < 4.78 is 25.1. The average Bonchev–Trinajstić information content (AvgIpc) is 2.90. The van der Waals surface area contributed by atoms with Crippen LogP contribution in [0.15, 0.2) is 12.0 Å². The first kappa shape index (κ1) is 20.0. The first-order valence-corrected chi connectivity index (χ1v) is 9.20. The van der Waals surface area contributed by atoms with Crippen LogP contribution in [0.4, 0.5) is 9.18 Å². The lowest BCUT2D eigenvalue weighted by atomic mass is 9.90. The van der Waals surface area contributed by atoms with Crippen LogP contribution in [0, 0.1) is 5.92 Å². The number of nitrogens with two attached hydrogens (primary N) is 1. The molecule has 9 nitrogen and oxygen atoms in total. The number of halogens is 1. The van der Waals surface area contributed by atoms with Gasteiger partial charge in [0.25, 0.3) is 0 Å². The summed E-state index contributed by atoms with van der Waals surface area (Å²) in [6, 6.07) is -0.945. The molecule has 3 rings (SSSR count). The maximum atomic E-state index is 14.6. The molecule has 0 aromatic heterocycles. The fourth-order valence-electron chi connectivity index (χ4n) is 3.63. The second-order valence-corrected chi connectivity index (χ2v) is 7.44. The third-order valence-electron chi connectivity index (χ3n) is 5.42. The lowest BCUT2D eigenvalue weighted by Gasteiger charge is -2.37. The molecule has 5 atom stereocenters. The maximum absolute atomic E-state index is 14.6. The summed E-state index contributed by atoms with van der Waals surface area (Å²) in [5, 5.41) is 21.8. The van der Waals surface area contributed by atoms with Gasteiger partial charge in [0.15, 0.2) is 12.1 Å². The molecule has 3 aliphatic rings. The molecule has 152 valence electrons. The minimum absolute atomic E-state index is 0.124. The zero-order valence-electron chi connectivity index (χ0n) is 15.1. The number of amides is 2. The first-order chi connectivity index (χ1) is 12.7. The van der Waals surface area contributed by atoms with Crippen molar-refractivity contribution in [1.29, 1.82) is 0 Å². The van der Waals surface area contributed by atoms with Crippen LogP contribution in [-0.4, -0.2) is 63.9 Å². The van der Waals surface area contributed by atoms with Crippen LogP contribution in [0.1, 0.15) is 39.0 Å². The van der Waals surface area contributed by atoms with E-state index in [1.807, 2.05) is 0 Å². The van der Waals surface area contributed by atoms with Gasteiger partial charge >= 0.3 is 12.0 Å². The van der Waals surface area contributed by atoms with E-state index in [0.29, 0.717) is 6.20 Å². The zero-order valence-corrected chi connectivity index (χ0v) is 15.1. The fourth-order valence-corrected chi connectivity index (χ4v) is 3.63. The minimum atomic E-state index is -2.43. The molecule has 1 unspecified atom stereocenters. The Morgan fingerprint density at radius 2 is 2.07 bits per heavy atom. The van der Waals surface area contributed by atoms with Crippen LogP contribution in [0.5, 0.6) is 0 Å². The highest BCUT2D eigenvalue weighted by molar-refractivity contribution is 5.91. The first-order valence-electron chi connectivity index (χ1n) is 9.20. The standard InChI is InChI=1S/C17H26FN3O6/c1-9-12(22)13(23)14(27-9)21-7-11(18)17(19,20-16(21)25)15(24)26-8-10-5-3-2-4-6-10/h7,9-10,12-14,22-23H,2-6,8,19H2,1H3,(H,20,25)/t9-,12-,13-,14-,17?/m1/s1. The van der Waals surface area contributed by atoms with E-state index in [2.05, 4.69) is 5.32 Å². The topological polar surface area (TPSA) is 134 Å². The van der Waals surface area contributed by atoms with Gasteiger partial charge < -0.3 is 25.0 Å². The van der Waals surface area contributed by atoms with Crippen molar-refractivity contribution in [2.24, 2.45) is 11.7 Å². The summed E-state index contributed by atoms with van der Waals surface area (Å²) >= 11 is 0. The highest BCUT2D eigenvalue weighted by atomic mass is 19.1. The Morgan fingerprint density at radius 3 is 2.67 bits per heavy atom. The number of nitrogens with one attached hydrogen (secondary N) is 1. The van der Waals surface area contributed by atoms with Gasteiger partial charge in [-0.25, -0.2) is 14.0 Å². The van der Waals surface area contributed by atoms with Crippen molar-refractivity contribution < 1.29 is 33.7 Å². The minimum Gasteiger partial charge on any atom is -0.462 e. The fraction of sp³-hybridized carbons (Fsp3) is 0.765. The SMILES string of the molecule is C[C@H]1O[C@@H](N2C=C(F)C(N)(C(=O)OCC3CCCCC3)NC2=O)[C@H](O)[C@@H]1O. The van der Waals surface area contributed by atoms with Gasteiger partial charge in [-0.05, 0) is 25.7 Å². The Kier molecular flexibility index (Phi) is 5.71. The van der Waals surface area contributed by atoms with Crippen LogP contribution in [0.2, 0.25) is 0 Å². The number of nitrogens with zero attached hydrogens (tertiary/aromatic N) is 1. The summed E-state index contributed by atoms with van der Waals surface area (Å²) in [4.78, 5) is 25.4. The van der Waals surface area contributed by atoms with Gasteiger partial charge in [0.1, 0.15) is 12.2 Å². The van der Waals surface area contributed by atoms with Gasteiger partial charge in [0.2, 0.25) is 5.66 Å². The van der Waals surface area contributed by atoms with Crippen LogP contribution in [0.3, 0.4) is 0 Å². The average molecular weight is 387 g/mol. The Labute approximate surface area is 156 Å². The summed E-state index contributed by atoms with van der Waals surface area (Å²) in [6.45, 7) is 1.63. The molecule has 27 heavy (non-hydrogen) atoms. The second-order valence-electron chi connectivity index (χ2n) is 7.44. The molecule has 2 fully saturated rings. The molecule has 0 aromatic rings. The summed E-state index contributed by atoms with van der Waals surface area (Å²) in [7, 11) is 0. The Bertz CT molecular complexity index is 626. The predicted molar refractivity (Wildman–Crippen MR) is 90.4 cm³/mol. The third-order valence-corrected chi connectivity index (χ3v) is 5.42. The quantitative estimate of drug-likeness (QED) is 0.501. The lowest BCUT2D eigenvalue weighted by Crippen LogP contribution is -2.68. The summed E-state index contributed by atoms with van der Waals surface area (Å²) in [5.74, 6) is -2.03. The number of urea groups is 1. The molecule has 0 bridgehead atoms. The van der Waals surface area contributed by atoms with E-state index in [9.17, 15) is 24.2 Å². The van der Waals surface area contributed by atoms with Crippen molar-refractivity contribution in [2.75, 3.05) is 6.61 Å². The highest BCUT2D eigenvalue weighted by Gasteiger charge is 2.51. The third kappa shape index (κ3) is 3.79. The molecule has 0 radical (unpaired) electrons. The van der Waals surface area contributed by atoms with E-state index in [0.717, 1.165) is 37.0 Å². The Balaban J connectivity index is 1.68. The number of ether oxygens (including phenoxy) is 2. The number of aliphatic hydroxyl groups excluding tert-OH is 2. The Morgan fingerprint density at radius 1 is 1.41 bits per heavy atom. The Hall–Kier alpha value is -1.75. The van der Waals surface area contributed by atoms with Crippen molar-refractivity contribution >= 4 is 12.0 Å². The second kappa shape index (κ2) is 7.70. The predicted octanol–water partition coefficient (Wildman–Crippen LogP) is 0.0676. The number of rotatable bonds is 4. The molecule has 10 heteroatoms. The van der Waals surface area contributed by atoms with Crippen LogP contribution < -0.4 is 11.1 Å². The number of carbonyl (C=O) groups excluding carboxylic acids is 2. The van der Waals surface area contributed by atoms with Crippen molar-refractivity contribution in [3.05, 3.63) is 12.0 Å². The molecule has 2 heterocycles. The molecule has 2 amide bonds. The van der Waals surface area contributed by atoms with Crippen LogP contribution in [0.25, 0.3) is 0 Å². The molecule has 0 spiro atoms. The van der Waals surface area contributed by atoms with Gasteiger partial charge in [-0.3, -0.25) is 10.6 Å². The normalized spacial score (nSPS) is 37.7. The van der Waals surface area contributed by atoms with Crippen LogP contribution in [-0.2, 0) is 14.3 Å². The molecule has 1 saturated heterocycles. The number of hydrogen-bond acceptors (Lipinski definition) is 7. The number of hydrogen-bond donors (Lipinski definition) is 4. The molecular formula is C17H26FN3O6. The van der Waals surface area contributed by atoms with Gasteiger partial charge in [0, 0.05) is 6.20 Å². The zero-order chi connectivity index (χ0) is 19.8. The highest BCUT2D eigenvalue weighted by Crippen LogP contribution is 2.29. The molecule has 1 aliphatic carbocycles. The molecule has 2 aliphatic heterocycles. The van der Waals surface area contributed by atoms with E-state index < -0.39 is 48.0 Å². The van der Waals surface area contributed by atoms with Gasteiger partial charge in [-0.1, -0.05) is 19.3 Å². The number of esters is 1. The van der Waals surface area contributed by atoms with Gasteiger partial charge in [-0.2, -0.15) is 0 Å². The van der Waals surface area contributed by atoms with E-state index in [-0.39, 0.29) is 12.5 Å². The van der Waals surface area contributed by atoms with Crippen molar-refractivity contribution in [2.45, 2.75) is 69.2 Å². The van der Waals surface area contributed by atoms with Crippen molar-refractivity contribution in [3.63, 3.8) is 0 Å². The molecule has 0 aromatic carbocycles. The number of carbonyl (C=O) groups is 2. The largest absolute Gasteiger partial charge is 0.462 e. The number of aliphatic hydroxyl groups is 2. The monoisotopic (exact) mass is 387 g/mol. The molecular weight excluding hydrogens is 361 g/mol.